The van der Waals surface area contributed by atoms with Crippen LogP contribution in [0, 0.1) is 0 Å². The summed E-state index contributed by atoms with van der Waals surface area (Å²) >= 11 is 0. The maximum atomic E-state index is 5.14. The van der Waals surface area contributed by atoms with Crippen LogP contribution in [0.4, 0.5) is 0 Å². The van der Waals surface area contributed by atoms with Gasteiger partial charge in [-0.1, -0.05) is 152 Å². The van der Waals surface area contributed by atoms with E-state index in [0.717, 1.165) is 55.9 Å². The van der Waals surface area contributed by atoms with Crippen LogP contribution in [0.1, 0.15) is 0 Å². The van der Waals surface area contributed by atoms with Crippen molar-refractivity contribution in [3.05, 3.63) is 206 Å². The molecule has 0 fully saturated rings. The highest BCUT2D eigenvalue weighted by Gasteiger charge is 2.20. The van der Waals surface area contributed by atoms with Gasteiger partial charge in [0.2, 0.25) is 0 Å². The van der Waals surface area contributed by atoms with Crippen molar-refractivity contribution in [1.82, 2.24) is 29.1 Å². The van der Waals surface area contributed by atoms with Gasteiger partial charge in [0.05, 0.1) is 22.1 Å². The second kappa shape index (κ2) is 13.7. The molecule has 0 atom stereocenters. The van der Waals surface area contributed by atoms with Gasteiger partial charge in [-0.25, -0.2) is 19.9 Å². The largest absolute Gasteiger partial charge is 0.309 e. The lowest BCUT2D eigenvalue weighted by Gasteiger charge is -2.11. The number of aromatic nitrogens is 6. The second-order valence-electron chi connectivity index (χ2n) is 15.1. The van der Waals surface area contributed by atoms with Crippen LogP contribution in [0.3, 0.4) is 0 Å². The van der Waals surface area contributed by atoms with Crippen molar-refractivity contribution < 1.29 is 0 Å². The molecule has 0 saturated heterocycles. The molecule has 12 aromatic rings. The first kappa shape index (κ1) is 33.9. The van der Waals surface area contributed by atoms with Crippen molar-refractivity contribution in [1.29, 1.82) is 0 Å². The van der Waals surface area contributed by atoms with Crippen molar-refractivity contribution in [2.75, 3.05) is 0 Å². The van der Waals surface area contributed by atoms with Gasteiger partial charge in [0.1, 0.15) is 5.82 Å². The van der Waals surface area contributed by atoms with Gasteiger partial charge in [0.15, 0.2) is 17.5 Å². The molecule has 4 heterocycles. The molecule has 0 aliphatic rings. The molecule has 0 aliphatic heterocycles. The average Bonchev–Trinajstić information content (AvgIpc) is 3.83. The Labute approximate surface area is 345 Å². The van der Waals surface area contributed by atoms with E-state index in [2.05, 4.69) is 173 Å². The first-order valence-electron chi connectivity index (χ1n) is 20.1. The van der Waals surface area contributed by atoms with E-state index in [1.165, 1.54) is 37.8 Å². The molecule has 0 unspecified atom stereocenters. The average molecular weight is 767 g/mol. The number of hydrogen-bond acceptors (Lipinski definition) is 4. The topological polar surface area (TPSA) is 61.4 Å². The quantitative estimate of drug-likeness (QED) is 0.169. The third-order valence-corrected chi connectivity index (χ3v) is 11.6. The number of pyridine rings is 1. The number of nitrogens with zero attached hydrogens (tertiary/aromatic N) is 6. The number of fused-ring (bicyclic) bond motifs is 7. The molecule has 6 nitrogen and oxygen atoms in total. The van der Waals surface area contributed by atoms with Crippen molar-refractivity contribution in [3.8, 4) is 56.8 Å². The van der Waals surface area contributed by atoms with Crippen molar-refractivity contribution >= 4 is 54.4 Å². The van der Waals surface area contributed by atoms with E-state index in [0.29, 0.717) is 17.5 Å². The van der Waals surface area contributed by atoms with Crippen LogP contribution < -0.4 is 0 Å². The Morgan fingerprint density at radius 3 is 1.47 bits per heavy atom. The van der Waals surface area contributed by atoms with E-state index in [1.807, 2.05) is 42.6 Å². The molecule has 0 radical (unpaired) electrons. The molecule has 60 heavy (non-hydrogen) atoms. The molecule has 0 spiro atoms. The lowest BCUT2D eigenvalue weighted by molar-refractivity contribution is 1.05. The monoisotopic (exact) mass is 766 g/mol. The smallest absolute Gasteiger partial charge is 0.165 e. The summed E-state index contributed by atoms with van der Waals surface area (Å²) in [4.78, 5) is 20.1. The molecule has 0 saturated carbocycles. The third kappa shape index (κ3) is 5.57. The normalized spacial score (nSPS) is 11.7. The van der Waals surface area contributed by atoms with E-state index in [-0.39, 0.29) is 0 Å². The molecule has 0 bridgehead atoms. The van der Waals surface area contributed by atoms with E-state index in [4.69, 9.17) is 19.9 Å². The number of benzene rings is 8. The van der Waals surface area contributed by atoms with Crippen molar-refractivity contribution in [2.45, 2.75) is 0 Å². The van der Waals surface area contributed by atoms with Gasteiger partial charge in [0.25, 0.3) is 0 Å². The van der Waals surface area contributed by atoms with E-state index < -0.39 is 0 Å². The van der Waals surface area contributed by atoms with Crippen molar-refractivity contribution in [2.24, 2.45) is 0 Å². The minimum absolute atomic E-state index is 0.564. The molecule has 4 aromatic heterocycles. The van der Waals surface area contributed by atoms with Gasteiger partial charge < -0.3 is 4.57 Å². The Bertz CT molecular complexity index is 3570. The molecule has 0 amide bonds. The second-order valence-corrected chi connectivity index (χ2v) is 15.1. The summed E-state index contributed by atoms with van der Waals surface area (Å²) < 4.78 is 4.67. The Balaban J connectivity index is 1.01. The summed E-state index contributed by atoms with van der Waals surface area (Å²) in [5.41, 5.74) is 10.6. The summed E-state index contributed by atoms with van der Waals surface area (Å²) in [5.74, 6) is 2.59. The summed E-state index contributed by atoms with van der Waals surface area (Å²) in [6.45, 7) is 0. The van der Waals surface area contributed by atoms with E-state index in [1.54, 1.807) is 0 Å². The van der Waals surface area contributed by atoms with Gasteiger partial charge in [0, 0.05) is 50.1 Å². The third-order valence-electron chi connectivity index (χ3n) is 11.6. The lowest BCUT2D eigenvalue weighted by atomic mass is 10.0. The minimum Gasteiger partial charge on any atom is -0.309 e. The molecule has 0 aliphatic carbocycles. The minimum atomic E-state index is 0.564. The molecule has 12 rings (SSSR count). The SMILES string of the molecule is c1ccc(-c2ccc(-c3nc(-c4ccccc4)nc(-c4ccc(-n5c6ccccc6c6cc7c8ccccc8n(-c8ccc9ccccc9c8)c7cc65)nc4)n3)cc2)cc1. The van der Waals surface area contributed by atoms with Crippen LogP contribution in [0.2, 0.25) is 0 Å². The summed E-state index contributed by atoms with van der Waals surface area (Å²) in [7, 11) is 0. The van der Waals surface area contributed by atoms with E-state index in [9.17, 15) is 0 Å². The zero-order chi connectivity index (χ0) is 39.6. The lowest BCUT2D eigenvalue weighted by Crippen LogP contribution is -2.02. The molecule has 280 valence electrons. The Kier molecular flexibility index (Phi) is 7.74. The standard InChI is InChI=1S/C54H34N6/c1-3-13-35(14-4-1)37-23-25-39(26-24-37)53-56-52(38-16-5-2-6-17-38)57-54(58-53)41-28-30-51(55-34-41)60-48-22-12-10-20-44(48)46-32-45-43-19-9-11-21-47(43)59(49(45)33-50(46)60)42-29-27-36-15-7-8-18-40(36)31-42/h1-34H. The zero-order valence-electron chi connectivity index (χ0n) is 32.3. The Morgan fingerprint density at radius 2 is 0.800 bits per heavy atom. The number of para-hydroxylation sites is 2. The molecular weight excluding hydrogens is 733 g/mol. The summed E-state index contributed by atoms with van der Waals surface area (Å²) in [5, 5.41) is 7.23. The molecular formula is C54H34N6. The summed E-state index contributed by atoms with van der Waals surface area (Å²) in [6.07, 6.45) is 1.88. The predicted octanol–water partition coefficient (Wildman–Crippen LogP) is 13.3. The highest BCUT2D eigenvalue weighted by Crippen LogP contribution is 2.40. The maximum absolute atomic E-state index is 5.14. The molecule has 8 aromatic carbocycles. The van der Waals surface area contributed by atoms with Crippen LogP contribution in [0.15, 0.2) is 206 Å². The maximum Gasteiger partial charge on any atom is 0.165 e. The highest BCUT2D eigenvalue weighted by atomic mass is 15.1. The van der Waals surface area contributed by atoms with E-state index >= 15 is 0 Å². The first-order valence-corrected chi connectivity index (χ1v) is 20.1. The summed E-state index contributed by atoms with van der Waals surface area (Å²) in [6, 6.07) is 70.3. The van der Waals surface area contributed by atoms with Gasteiger partial charge in [-0.3, -0.25) is 4.57 Å². The van der Waals surface area contributed by atoms with Gasteiger partial charge >= 0.3 is 0 Å². The van der Waals surface area contributed by atoms with Crippen molar-refractivity contribution in [3.63, 3.8) is 0 Å². The van der Waals surface area contributed by atoms with Crippen LogP contribution >= 0.6 is 0 Å². The van der Waals surface area contributed by atoms with Gasteiger partial charge in [-0.15, -0.1) is 0 Å². The van der Waals surface area contributed by atoms with Crippen LogP contribution in [0.5, 0.6) is 0 Å². The fourth-order valence-corrected chi connectivity index (χ4v) is 8.72. The molecule has 6 heteroatoms. The number of hydrogen-bond donors (Lipinski definition) is 0. The predicted molar refractivity (Wildman–Crippen MR) is 246 cm³/mol. The Hall–Kier alpha value is -8.22. The number of rotatable bonds is 6. The first-order chi connectivity index (χ1) is 29.7. The van der Waals surface area contributed by atoms with Crippen LogP contribution in [0.25, 0.3) is 111 Å². The van der Waals surface area contributed by atoms with Crippen LogP contribution in [-0.2, 0) is 0 Å². The Morgan fingerprint density at radius 1 is 0.300 bits per heavy atom. The fraction of sp³-hybridized carbons (Fsp3) is 0. The molecule has 0 N–H and O–H groups in total. The van der Waals surface area contributed by atoms with Crippen LogP contribution in [-0.4, -0.2) is 29.1 Å². The van der Waals surface area contributed by atoms with Gasteiger partial charge in [-0.2, -0.15) is 0 Å². The van der Waals surface area contributed by atoms with Gasteiger partial charge in [-0.05, 0) is 70.4 Å². The highest BCUT2D eigenvalue weighted by molar-refractivity contribution is 6.19. The fourth-order valence-electron chi connectivity index (χ4n) is 8.72. The zero-order valence-corrected chi connectivity index (χ0v) is 32.3.